The number of nitrogens with one attached hydrogen (secondary N) is 1. The number of ether oxygens (including phenoxy) is 2. The number of aliphatic hydroxyl groups is 1. The van der Waals surface area contributed by atoms with E-state index in [1.54, 1.807) is 32.4 Å². The van der Waals surface area contributed by atoms with E-state index in [1.807, 2.05) is 16.9 Å². The third kappa shape index (κ3) is 6.71. The highest BCUT2D eigenvalue weighted by atomic mass is 35.5. The zero-order chi connectivity index (χ0) is 34.3. The molecule has 2 aliphatic heterocycles. The summed E-state index contributed by atoms with van der Waals surface area (Å²) >= 11 is 6.43. The van der Waals surface area contributed by atoms with Gasteiger partial charge in [-0.25, -0.2) is 8.42 Å². The first-order valence-electron chi connectivity index (χ1n) is 16.9. The lowest BCUT2D eigenvalue weighted by Gasteiger charge is -2.46. The van der Waals surface area contributed by atoms with Crippen LogP contribution in [0.15, 0.2) is 48.6 Å². The topological polar surface area (TPSA) is 125 Å². The van der Waals surface area contributed by atoms with E-state index in [9.17, 15) is 23.1 Å². The minimum absolute atomic E-state index is 0.0625. The number of halogens is 1. The van der Waals surface area contributed by atoms with E-state index in [4.69, 9.17) is 21.1 Å². The number of fused-ring (bicyclic) bond motifs is 4. The lowest BCUT2D eigenvalue weighted by atomic mass is 9.68. The Bertz CT molecular complexity index is 1700. The number of hydrogen-bond acceptors (Lipinski definition) is 8. The summed E-state index contributed by atoms with van der Waals surface area (Å²) < 4.78 is 39.7. The Hall–Kier alpha value is -3.12. The van der Waals surface area contributed by atoms with Crippen LogP contribution in [0.3, 0.4) is 0 Å². The molecule has 12 heteroatoms. The number of anilines is 1. The summed E-state index contributed by atoms with van der Waals surface area (Å²) in [5.74, 6) is -0.809. The van der Waals surface area contributed by atoms with E-state index in [2.05, 4.69) is 23.1 Å². The minimum Gasteiger partial charge on any atom is -0.490 e. The van der Waals surface area contributed by atoms with Gasteiger partial charge in [0.15, 0.2) is 5.60 Å². The Morgan fingerprint density at radius 1 is 1.21 bits per heavy atom. The van der Waals surface area contributed by atoms with Gasteiger partial charge in [0, 0.05) is 44.2 Å². The number of carbonyl (C=O) groups is 2. The summed E-state index contributed by atoms with van der Waals surface area (Å²) in [6.45, 7) is 3.51. The van der Waals surface area contributed by atoms with Crippen molar-refractivity contribution in [1.82, 2.24) is 9.62 Å². The molecule has 1 fully saturated rings. The van der Waals surface area contributed by atoms with Crippen molar-refractivity contribution >= 4 is 39.1 Å². The Labute approximate surface area is 288 Å². The molecular weight excluding hydrogens is 654 g/mol. The van der Waals surface area contributed by atoms with E-state index in [0.717, 1.165) is 32.1 Å². The van der Waals surface area contributed by atoms with Crippen molar-refractivity contribution in [3.05, 3.63) is 70.3 Å². The number of nitrogens with zero attached hydrogens (tertiary/aromatic N) is 2. The van der Waals surface area contributed by atoms with Gasteiger partial charge < -0.3 is 24.4 Å². The summed E-state index contributed by atoms with van der Waals surface area (Å²) in [6.07, 6.45) is 8.86. The average molecular weight is 700 g/mol. The Morgan fingerprint density at radius 3 is 2.75 bits per heavy atom. The first kappa shape index (κ1) is 34.7. The number of amides is 2. The van der Waals surface area contributed by atoms with Crippen LogP contribution >= 0.6 is 11.6 Å². The molecule has 5 atom stereocenters. The standard InChI is InChI=1S/C36H46ClN3O7S/c1-4-48(44,45)38-34(42)36(43)20-33(41)39(2)17-6-5-9-31(46-3)28-13-10-25(28)21-40-22-35(23-47-32-15-11-26(36)19-30(32)40)16-7-8-24-18-27(37)12-14-29(24)35/h5,9,11-12,14-15,18-19,25,28,31,43H,4,6-8,10,13,16-17,20-23H2,1-3H3,(H,38,42)/b9-5+/t25-,28+,31-,35-,36+/m0/s1. The zero-order valence-electron chi connectivity index (χ0n) is 27.9. The van der Waals surface area contributed by atoms with Gasteiger partial charge in [-0.3, -0.25) is 14.3 Å². The molecule has 2 bridgehead atoms. The van der Waals surface area contributed by atoms with Gasteiger partial charge >= 0.3 is 0 Å². The summed E-state index contributed by atoms with van der Waals surface area (Å²) in [5, 5.41) is 12.8. The maximum Gasteiger partial charge on any atom is 0.270 e. The zero-order valence-corrected chi connectivity index (χ0v) is 29.5. The summed E-state index contributed by atoms with van der Waals surface area (Å²) in [4.78, 5) is 31.0. The van der Waals surface area contributed by atoms with E-state index in [0.29, 0.717) is 61.0 Å². The van der Waals surface area contributed by atoms with Crippen LogP contribution in [0, 0.1) is 11.8 Å². The van der Waals surface area contributed by atoms with E-state index in [1.165, 1.54) is 23.0 Å². The number of sulfonamides is 1. The molecule has 0 radical (unpaired) electrons. The van der Waals surface area contributed by atoms with E-state index >= 15 is 0 Å². The number of hydrogen-bond donors (Lipinski definition) is 2. The highest BCUT2D eigenvalue weighted by Gasteiger charge is 2.47. The van der Waals surface area contributed by atoms with Gasteiger partial charge in [-0.15, -0.1) is 0 Å². The fraction of sp³-hybridized carbons (Fsp3) is 0.556. The largest absolute Gasteiger partial charge is 0.490 e. The van der Waals surface area contributed by atoms with Crippen molar-refractivity contribution in [2.75, 3.05) is 51.1 Å². The molecule has 6 rings (SSSR count). The SMILES string of the molecule is CCS(=O)(=O)NC(=O)[C@@]1(O)CC(=O)N(C)CC/C=C/[C@H](OC)[C@@H]2CC[C@H]2CN2C[C@@]3(CCCc4cc(Cl)ccc43)COc3ccc1cc32. The molecule has 0 saturated heterocycles. The third-order valence-corrected chi connectivity index (χ3v) is 12.4. The van der Waals surface area contributed by atoms with Gasteiger partial charge in [-0.1, -0.05) is 35.9 Å². The molecule has 1 spiro atoms. The van der Waals surface area contributed by atoms with Crippen molar-refractivity contribution in [2.45, 2.75) is 69.0 Å². The molecule has 2 aliphatic carbocycles. The first-order chi connectivity index (χ1) is 22.9. The van der Waals surface area contributed by atoms with Crippen molar-refractivity contribution < 1.29 is 32.6 Å². The molecule has 2 N–H and O–H groups in total. The summed E-state index contributed by atoms with van der Waals surface area (Å²) in [7, 11) is -0.684. The molecule has 0 unspecified atom stereocenters. The third-order valence-electron chi connectivity index (χ3n) is 10.9. The number of benzene rings is 2. The van der Waals surface area contributed by atoms with Crippen LogP contribution in [0.25, 0.3) is 0 Å². The number of methoxy groups -OCH3 is 1. The molecule has 2 aromatic rings. The number of carbonyl (C=O) groups excluding carboxylic acids is 2. The predicted octanol–water partition coefficient (Wildman–Crippen LogP) is 4.32. The van der Waals surface area contributed by atoms with Crippen molar-refractivity contribution in [3.8, 4) is 5.75 Å². The van der Waals surface area contributed by atoms with Crippen molar-refractivity contribution in [1.29, 1.82) is 0 Å². The van der Waals surface area contributed by atoms with Crippen LogP contribution in [0.5, 0.6) is 5.75 Å². The van der Waals surface area contributed by atoms with Gasteiger partial charge in [0.25, 0.3) is 5.91 Å². The molecule has 2 heterocycles. The molecular formula is C36H46ClN3O7S. The quantitative estimate of drug-likeness (QED) is 0.453. The van der Waals surface area contributed by atoms with Crippen LogP contribution in [0.2, 0.25) is 5.02 Å². The fourth-order valence-electron chi connectivity index (χ4n) is 7.89. The Morgan fingerprint density at radius 2 is 2.02 bits per heavy atom. The van der Waals surface area contributed by atoms with E-state index in [-0.39, 0.29) is 22.8 Å². The molecule has 1 saturated carbocycles. The number of aryl methyl sites for hydroxylation is 1. The van der Waals surface area contributed by atoms with Crippen LogP contribution in [-0.2, 0) is 41.8 Å². The molecule has 10 nitrogen and oxygen atoms in total. The Kier molecular flexibility index (Phi) is 9.88. The van der Waals surface area contributed by atoms with Crippen molar-refractivity contribution in [3.63, 3.8) is 0 Å². The molecule has 2 aromatic carbocycles. The normalized spacial score (nSPS) is 29.9. The second-order valence-electron chi connectivity index (χ2n) is 13.9. The second-order valence-corrected chi connectivity index (χ2v) is 16.3. The molecule has 0 aromatic heterocycles. The predicted molar refractivity (Wildman–Crippen MR) is 185 cm³/mol. The number of rotatable bonds is 4. The van der Waals surface area contributed by atoms with Crippen molar-refractivity contribution in [2.24, 2.45) is 11.8 Å². The van der Waals surface area contributed by atoms with E-state index < -0.39 is 33.9 Å². The minimum atomic E-state index is -4.03. The fourth-order valence-corrected chi connectivity index (χ4v) is 8.68. The Balaban J connectivity index is 1.48. The highest BCUT2D eigenvalue weighted by Crippen LogP contribution is 2.47. The molecule has 48 heavy (non-hydrogen) atoms. The second kappa shape index (κ2) is 13.7. The van der Waals surface area contributed by atoms with Gasteiger partial charge in [0.05, 0.1) is 30.6 Å². The highest BCUT2D eigenvalue weighted by molar-refractivity contribution is 7.90. The van der Waals surface area contributed by atoms with Gasteiger partial charge in [-0.2, -0.15) is 0 Å². The molecule has 260 valence electrons. The van der Waals surface area contributed by atoms with Crippen LogP contribution in [-0.4, -0.2) is 82.5 Å². The maximum atomic E-state index is 13.7. The van der Waals surface area contributed by atoms with Crippen LogP contribution in [0.1, 0.15) is 62.1 Å². The summed E-state index contributed by atoms with van der Waals surface area (Å²) in [5.41, 5.74) is 0.460. The molecule has 4 aliphatic rings. The van der Waals surface area contributed by atoms with Gasteiger partial charge in [0.2, 0.25) is 15.9 Å². The van der Waals surface area contributed by atoms with Crippen LogP contribution < -0.4 is 14.4 Å². The van der Waals surface area contributed by atoms with Crippen LogP contribution in [0.4, 0.5) is 5.69 Å². The molecule has 2 amide bonds. The van der Waals surface area contributed by atoms with Gasteiger partial charge in [0.1, 0.15) is 5.75 Å². The smallest absolute Gasteiger partial charge is 0.270 e. The monoisotopic (exact) mass is 699 g/mol. The average Bonchev–Trinajstić information content (AvgIpc) is 3.20. The summed E-state index contributed by atoms with van der Waals surface area (Å²) in [6, 6.07) is 11.1. The lowest BCUT2D eigenvalue weighted by molar-refractivity contribution is -0.148. The first-order valence-corrected chi connectivity index (χ1v) is 18.9. The maximum absolute atomic E-state index is 13.7. The van der Waals surface area contributed by atoms with Gasteiger partial charge in [-0.05, 0) is 98.2 Å². The lowest BCUT2D eigenvalue weighted by Crippen LogP contribution is -2.50.